The summed E-state index contributed by atoms with van der Waals surface area (Å²) in [5.41, 5.74) is 0. The van der Waals surface area contributed by atoms with Crippen LogP contribution in [0.2, 0.25) is 0 Å². The highest BCUT2D eigenvalue weighted by Crippen LogP contribution is 2.68. The van der Waals surface area contributed by atoms with Crippen molar-refractivity contribution >= 4 is 50.9 Å². The first kappa shape index (κ1) is 18.1. The van der Waals surface area contributed by atoms with Gasteiger partial charge in [0.05, 0.1) is 35.6 Å². The SMILES string of the molecule is O=C1C[C@@H]2SS[C@]34C[C@H]1[C@H]([C@@H]2O)N3C(=O)[C@]12C[C@H]3[C@H]([C@H](O)[C@H](C[C@@H]3O)S1)N2C4=O. The molecular weight excluding hydrogens is 436 g/mol. The van der Waals surface area contributed by atoms with Crippen LogP contribution in [0, 0.1) is 11.8 Å². The van der Waals surface area contributed by atoms with E-state index in [9.17, 15) is 29.7 Å². The van der Waals surface area contributed by atoms with Crippen LogP contribution in [0.25, 0.3) is 0 Å². The number of hydrogen-bond donors (Lipinski definition) is 3. The molecule has 8 nitrogen and oxygen atoms in total. The molecule has 2 amide bonds. The molecule has 7 rings (SSSR count). The number of carbonyl (C=O) groups excluding carboxylic acids is 3. The smallest absolute Gasteiger partial charge is 0.261 e. The number of aliphatic hydroxyl groups excluding tert-OH is 3. The molecule has 7 fully saturated rings. The third-order valence-electron chi connectivity index (χ3n) is 8.24. The third-order valence-corrected chi connectivity index (χ3v) is 13.4. The van der Waals surface area contributed by atoms with Gasteiger partial charge in [0.2, 0.25) is 0 Å². The summed E-state index contributed by atoms with van der Waals surface area (Å²) in [6.45, 7) is 0. The van der Waals surface area contributed by atoms with E-state index in [4.69, 9.17) is 0 Å². The van der Waals surface area contributed by atoms with E-state index in [-0.39, 0.29) is 46.9 Å². The number of thioether (sulfide) groups is 1. The molecule has 29 heavy (non-hydrogen) atoms. The zero-order valence-electron chi connectivity index (χ0n) is 15.2. The lowest BCUT2D eigenvalue weighted by molar-refractivity contribution is -0.172. The van der Waals surface area contributed by atoms with Gasteiger partial charge in [0.15, 0.2) is 9.74 Å². The van der Waals surface area contributed by atoms with Crippen molar-refractivity contribution in [2.75, 3.05) is 0 Å². The number of aliphatic hydroxyl groups is 3. The highest BCUT2D eigenvalue weighted by atomic mass is 33.1. The average molecular weight is 457 g/mol. The Labute approximate surface area is 178 Å². The van der Waals surface area contributed by atoms with E-state index >= 15 is 0 Å². The Bertz CT molecular complexity index is 886. The zero-order valence-corrected chi connectivity index (χ0v) is 17.7. The molecule has 0 unspecified atom stereocenters. The normalized spacial score (nSPS) is 59.3. The second kappa shape index (κ2) is 5.29. The monoisotopic (exact) mass is 456 g/mol. The van der Waals surface area contributed by atoms with Crippen LogP contribution in [0.15, 0.2) is 0 Å². The molecule has 11 atom stereocenters. The largest absolute Gasteiger partial charge is 0.393 e. The zero-order chi connectivity index (χ0) is 20.0. The lowest BCUT2D eigenvalue weighted by Gasteiger charge is -2.58. The van der Waals surface area contributed by atoms with Crippen LogP contribution in [-0.4, -0.2) is 93.4 Å². The van der Waals surface area contributed by atoms with Gasteiger partial charge in [-0.1, -0.05) is 21.6 Å². The van der Waals surface area contributed by atoms with Crippen LogP contribution >= 0.6 is 33.3 Å². The quantitative estimate of drug-likeness (QED) is 0.401. The van der Waals surface area contributed by atoms with E-state index < -0.39 is 46.1 Å². The molecule has 7 aliphatic rings. The molecule has 0 aromatic carbocycles. The third kappa shape index (κ3) is 1.78. The molecule has 11 heteroatoms. The van der Waals surface area contributed by atoms with E-state index in [0.717, 1.165) is 0 Å². The molecule has 0 spiro atoms. The van der Waals surface area contributed by atoms with Crippen LogP contribution in [0.3, 0.4) is 0 Å². The maximum atomic E-state index is 14.1. The van der Waals surface area contributed by atoms with E-state index in [0.29, 0.717) is 12.8 Å². The van der Waals surface area contributed by atoms with Crippen molar-refractivity contribution in [3.05, 3.63) is 0 Å². The Morgan fingerprint density at radius 3 is 2.38 bits per heavy atom. The van der Waals surface area contributed by atoms with Crippen LogP contribution in [0.5, 0.6) is 0 Å². The van der Waals surface area contributed by atoms with Gasteiger partial charge in [-0.2, -0.15) is 0 Å². The van der Waals surface area contributed by atoms with E-state index in [1.54, 1.807) is 9.80 Å². The fraction of sp³-hybridized carbons (Fsp3) is 0.833. The summed E-state index contributed by atoms with van der Waals surface area (Å²) < 4.78 is 0. The summed E-state index contributed by atoms with van der Waals surface area (Å²) in [7, 11) is 2.65. The van der Waals surface area contributed by atoms with Gasteiger partial charge >= 0.3 is 0 Å². The number of hydrogen-bond acceptors (Lipinski definition) is 9. The molecule has 0 radical (unpaired) electrons. The highest BCUT2D eigenvalue weighted by Gasteiger charge is 2.80. The predicted octanol–water partition coefficient (Wildman–Crippen LogP) is -0.835. The summed E-state index contributed by atoms with van der Waals surface area (Å²) in [5.74, 6) is -1.29. The molecule has 2 saturated carbocycles. The van der Waals surface area contributed by atoms with Crippen LogP contribution in [0.1, 0.15) is 25.7 Å². The Morgan fingerprint density at radius 2 is 1.59 bits per heavy atom. The number of piperazine rings is 1. The van der Waals surface area contributed by atoms with Crippen molar-refractivity contribution in [1.29, 1.82) is 0 Å². The van der Waals surface area contributed by atoms with E-state index in [2.05, 4.69) is 0 Å². The van der Waals surface area contributed by atoms with Gasteiger partial charge in [0.1, 0.15) is 5.78 Å². The Hall–Kier alpha value is -0.460. The molecule has 5 heterocycles. The summed E-state index contributed by atoms with van der Waals surface area (Å²) in [6, 6.07) is -1.23. The van der Waals surface area contributed by atoms with Gasteiger partial charge in [-0.05, 0) is 12.8 Å². The molecule has 6 bridgehead atoms. The van der Waals surface area contributed by atoms with Crippen molar-refractivity contribution in [2.45, 2.75) is 76.3 Å². The molecule has 5 saturated heterocycles. The fourth-order valence-electron chi connectivity index (χ4n) is 7.06. The van der Waals surface area contributed by atoms with E-state index in [1.807, 2.05) is 0 Å². The van der Waals surface area contributed by atoms with Crippen molar-refractivity contribution in [3.8, 4) is 0 Å². The second-order valence-corrected chi connectivity index (χ2v) is 13.6. The van der Waals surface area contributed by atoms with Gasteiger partial charge in [-0.25, -0.2) is 0 Å². The summed E-state index contributed by atoms with van der Waals surface area (Å²) in [4.78, 5) is 41.7. The molecule has 0 aromatic heterocycles. The number of Topliss-reactive ketones (excluding diaryl/α,β-unsaturated/α-hetero) is 1. The molecule has 2 aliphatic carbocycles. The Kier molecular flexibility index (Phi) is 3.31. The van der Waals surface area contributed by atoms with Gasteiger partial charge in [-0.3, -0.25) is 14.4 Å². The number of nitrogens with zero attached hydrogens (tertiary/aromatic N) is 2. The van der Waals surface area contributed by atoms with Crippen molar-refractivity contribution < 1.29 is 29.7 Å². The summed E-state index contributed by atoms with van der Waals surface area (Å²) in [6.07, 6.45) is -1.03. The van der Waals surface area contributed by atoms with Gasteiger partial charge in [-0.15, -0.1) is 11.8 Å². The Balaban J connectivity index is 1.43. The van der Waals surface area contributed by atoms with Gasteiger partial charge in [0, 0.05) is 29.9 Å². The van der Waals surface area contributed by atoms with Crippen molar-refractivity contribution in [2.24, 2.45) is 11.8 Å². The highest BCUT2D eigenvalue weighted by molar-refractivity contribution is 8.77. The standard InChI is InChI=1S/C18H20N2O6S3/c21-7-1-9-13(23)11-5(7)3-17(27-9)15(25)20-12-6-4-18(20,16(26)19(11)17)29-28-10(14(12)24)2-8(6)22/h5-7,9-14,21,23-24H,1-4H2/t5-,6-,7+,9+,10+,11-,12-,13-,14-,17+,18+/m1/s1. The van der Waals surface area contributed by atoms with Gasteiger partial charge in [0.25, 0.3) is 11.8 Å². The molecule has 156 valence electrons. The van der Waals surface area contributed by atoms with E-state index in [1.165, 1.54) is 33.3 Å². The Morgan fingerprint density at radius 1 is 0.897 bits per heavy atom. The fourth-order valence-corrected chi connectivity index (χ4v) is 12.5. The maximum Gasteiger partial charge on any atom is 0.261 e. The first-order valence-corrected chi connectivity index (χ1v) is 13.2. The van der Waals surface area contributed by atoms with Crippen molar-refractivity contribution in [1.82, 2.24) is 9.80 Å². The van der Waals surface area contributed by atoms with Gasteiger partial charge < -0.3 is 25.1 Å². The first-order chi connectivity index (χ1) is 13.8. The number of carbonyl (C=O) groups is 3. The number of ketones is 1. The van der Waals surface area contributed by atoms with Crippen LogP contribution < -0.4 is 0 Å². The minimum atomic E-state index is -1.21. The van der Waals surface area contributed by atoms with Crippen LogP contribution in [0.4, 0.5) is 0 Å². The maximum absolute atomic E-state index is 14.1. The summed E-state index contributed by atoms with van der Waals surface area (Å²) in [5, 5.41) is 31.9. The predicted molar refractivity (Wildman–Crippen MR) is 106 cm³/mol. The number of amides is 2. The molecular formula is C18H20N2O6S3. The summed E-state index contributed by atoms with van der Waals surface area (Å²) >= 11 is 1.30. The number of fused-ring (bicyclic) bond motifs is 2. The molecule has 0 aromatic rings. The minimum absolute atomic E-state index is 0.0243. The topological polar surface area (TPSA) is 118 Å². The lowest BCUT2D eigenvalue weighted by atomic mass is 9.79. The van der Waals surface area contributed by atoms with Crippen molar-refractivity contribution in [3.63, 3.8) is 0 Å². The molecule has 5 aliphatic heterocycles. The first-order valence-electron chi connectivity index (χ1n) is 10.1. The minimum Gasteiger partial charge on any atom is -0.393 e. The average Bonchev–Trinajstić information content (AvgIpc) is 3.10. The van der Waals surface area contributed by atoms with Crippen LogP contribution in [-0.2, 0) is 14.4 Å². The molecule has 3 N–H and O–H groups in total. The second-order valence-electron chi connectivity index (χ2n) is 9.41. The number of rotatable bonds is 0. The lowest BCUT2D eigenvalue weighted by Crippen LogP contribution is -2.77.